The van der Waals surface area contributed by atoms with E-state index in [4.69, 9.17) is 4.74 Å². The fraction of sp³-hybridized carbons (Fsp3) is 0.667. The van der Waals surface area contributed by atoms with Crippen LogP contribution in [0.25, 0.3) is 0 Å². The van der Waals surface area contributed by atoms with Crippen molar-refractivity contribution in [2.24, 2.45) is 5.92 Å². The summed E-state index contributed by atoms with van der Waals surface area (Å²) in [6, 6.07) is 3.64. The molecule has 1 saturated heterocycles. The molecule has 140 valence electrons. The van der Waals surface area contributed by atoms with Gasteiger partial charge in [-0.2, -0.15) is 0 Å². The molecule has 2 heterocycles. The number of hydrogen-bond acceptors (Lipinski definition) is 5. The Balaban J connectivity index is 1.55. The molecule has 1 atom stereocenters. The highest BCUT2D eigenvalue weighted by Crippen LogP contribution is 2.08. The molecule has 0 bridgehead atoms. The molecule has 0 aliphatic carbocycles. The number of morpholine rings is 1. The van der Waals surface area contributed by atoms with Crippen LogP contribution in [0.5, 0.6) is 0 Å². The highest BCUT2D eigenvalue weighted by molar-refractivity contribution is 7.12. The minimum Gasteiger partial charge on any atom is -0.374 e. The van der Waals surface area contributed by atoms with Crippen LogP contribution in [-0.2, 0) is 9.53 Å². The number of thiophene rings is 1. The fourth-order valence-corrected chi connectivity index (χ4v) is 3.49. The molecule has 0 spiro atoms. The summed E-state index contributed by atoms with van der Waals surface area (Å²) in [5, 5.41) is 7.64. The first-order valence-corrected chi connectivity index (χ1v) is 9.85. The Bertz CT molecular complexity index is 534. The van der Waals surface area contributed by atoms with Crippen LogP contribution in [0.15, 0.2) is 17.5 Å². The summed E-state index contributed by atoms with van der Waals surface area (Å²) in [7, 11) is 0. The molecule has 6 nitrogen and oxygen atoms in total. The van der Waals surface area contributed by atoms with Crippen LogP contribution < -0.4 is 10.6 Å². The molecule has 2 N–H and O–H groups in total. The van der Waals surface area contributed by atoms with E-state index in [9.17, 15) is 9.59 Å². The molecular weight excluding hydrogens is 338 g/mol. The van der Waals surface area contributed by atoms with Gasteiger partial charge in [-0.3, -0.25) is 14.5 Å². The summed E-state index contributed by atoms with van der Waals surface area (Å²) >= 11 is 1.41. The highest BCUT2D eigenvalue weighted by Gasteiger charge is 2.21. The van der Waals surface area contributed by atoms with Gasteiger partial charge in [0.15, 0.2) is 0 Å². The van der Waals surface area contributed by atoms with Gasteiger partial charge in [-0.05, 0) is 23.8 Å². The fourth-order valence-electron chi connectivity index (χ4n) is 2.85. The largest absolute Gasteiger partial charge is 0.374 e. The lowest BCUT2D eigenvalue weighted by atomic mass is 10.2. The molecule has 7 heteroatoms. The predicted octanol–water partition coefficient (Wildman–Crippen LogP) is 1.73. The van der Waals surface area contributed by atoms with Gasteiger partial charge in [-0.25, -0.2) is 0 Å². The quantitative estimate of drug-likeness (QED) is 0.652. The molecule has 2 rings (SSSR count). The Kier molecular flexibility index (Phi) is 8.37. The zero-order chi connectivity index (χ0) is 18.1. The zero-order valence-corrected chi connectivity index (χ0v) is 15.9. The standard InChI is InChI=1S/C18H29N3O3S/c1-14(2)12-21-8-9-24-15(13-21)11-20-17(22)6-3-7-19-18(23)16-5-4-10-25-16/h4-5,10,14-15H,3,6-9,11-13H2,1-2H3,(H,19,23)(H,20,22). The van der Waals surface area contributed by atoms with Gasteiger partial charge in [0.05, 0.1) is 17.6 Å². The van der Waals surface area contributed by atoms with E-state index < -0.39 is 0 Å². The smallest absolute Gasteiger partial charge is 0.261 e. The van der Waals surface area contributed by atoms with Gasteiger partial charge in [0, 0.05) is 39.1 Å². The summed E-state index contributed by atoms with van der Waals surface area (Å²) in [4.78, 5) is 26.8. The number of nitrogens with zero attached hydrogens (tertiary/aromatic N) is 1. The van der Waals surface area contributed by atoms with Crippen LogP contribution in [0.2, 0.25) is 0 Å². The van der Waals surface area contributed by atoms with Crippen LogP contribution in [0.4, 0.5) is 0 Å². The Morgan fingerprint density at radius 1 is 1.40 bits per heavy atom. The van der Waals surface area contributed by atoms with Crippen molar-refractivity contribution in [1.29, 1.82) is 0 Å². The first kappa shape index (κ1) is 19.9. The lowest BCUT2D eigenvalue weighted by molar-refractivity contribution is -0.122. The van der Waals surface area contributed by atoms with Crippen LogP contribution >= 0.6 is 11.3 Å². The lowest BCUT2D eigenvalue weighted by Gasteiger charge is -2.33. The van der Waals surface area contributed by atoms with Crippen molar-refractivity contribution in [3.8, 4) is 0 Å². The second-order valence-electron chi connectivity index (χ2n) is 6.79. The van der Waals surface area contributed by atoms with Crippen LogP contribution in [0, 0.1) is 5.92 Å². The van der Waals surface area contributed by atoms with Crippen molar-refractivity contribution in [1.82, 2.24) is 15.5 Å². The minimum atomic E-state index is -0.0729. The van der Waals surface area contributed by atoms with E-state index in [-0.39, 0.29) is 17.9 Å². The van der Waals surface area contributed by atoms with E-state index in [0.717, 1.165) is 26.2 Å². The Morgan fingerprint density at radius 3 is 2.96 bits per heavy atom. The summed E-state index contributed by atoms with van der Waals surface area (Å²) in [5.41, 5.74) is 0. The molecule has 1 aromatic rings. The van der Waals surface area contributed by atoms with E-state index in [1.807, 2.05) is 11.4 Å². The molecule has 0 saturated carbocycles. The van der Waals surface area contributed by atoms with Crippen LogP contribution in [0.1, 0.15) is 36.4 Å². The predicted molar refractivity (Wildman–Crippen MR) is 99.9 cm³/mol. The molecular formula is C18H29N3O3S. The van der Waals surface area contributed by atoms with Gasteiger partial charge < -0.3 is 15.4 Å². The van der Waals surface area contributed by atoms with Crippen LogP contribution in [0.3, 0.4) is 0 Å². The Hall–Kier alpha value is -1.44. The SMILES string of the molecule is CC(C)CN1CCOC(CNC(=O)CCCNC(=O)c2cccs2)C1. The third-order valence-electron chi connectivity index (χ3n) is 3.98. The molecule has 1 unspecified atom stereocenters. The Labute approximate surface area is 153 Å². The average molecular weight is 368 g/mol. The van der Waals surface area contributed by atoms with Crippen molar-refractivity contribution >= 4 is 23.2 Å². The second kappa shape index (κ2) is 10.5. The van der Waals surface area contributed by atoms with Crippen molar-refractivity contribution in [3.63, 3.8) is 0 Å². The van der Waals surface area contributed by atoms with Crippen molar-refractivity contribution in [2.75, 3.05) is 39.3 Å². The number of hydrogen-bond donors (Lipinski definition) is 2. The van der Waals surface area contributed by atoms with Gasteiger partial charge in [0.1, 0.15) is 0 Å². The summed E-state index contributed by atoms with van der Waals surface area (Å²) in [6.45, 7) is 9.11. The number of nitrogens with one attached hydrogen (secondary N) is 2. The van der Waals surface area contributed by atoms with Crippen molar-refractivity contribution in [2.45, 2.75) is 32.8 Å². The summed E-state index contributed by atoms with van der Waals surface area (Å²) < 4.78 is 5.73. The number of amides is 2. The number of rotatable bonds is 9. The van der Waals surface area contributed by atoms with Gasteiger partial charge in [-0.1, -0.05) is 19.9 Å². The minimum absolute atomic E-state index is 0.00922. The topological polar surface area (TPSA) is 70.7 Å². The maximum atomic E-state index is 11.9. The first-order chi connectivity index (χ1) is 12.0. The summed E-state index contributed by atoms with van der Waals surface area (Å²) in [6.07, 6.45) is 1.11. The van der Waals surface area contributed by atoms with E-state index >= 15 is 0 Å². The van der Waals surface area contributed by atoms with Gasteiger partial charge in [-0.15, -0.1) is 11.3 Å². The average Bonchev–Trinajstić information content (AvgIpc) is 3.11. The third kappa shape index (κ3) is 7.54. The molecule has 25 heavy (non-hydrogen) atoms. The molecule has 0 aromatic carbocycles. The number of ether oxygens (including phenoxy) is 1. The summed E-state index contributed by atoms with van der Waals surface area (Å²) in [5.74, 6) is 0.573. The zero-order valence-electron chi connectivity index (χ0n) is 15.1. The van der Waals surface area contributed by atoms with E-state index in [2.05, 4.69) is 29.4 Å². The molecule has 0 radical (unpaired) electrons. The highest BCUT2D eigenvalue weighted by atomic mass is 32.1. The van der Waals surface area contributed by atoms with E-state index in [1.54, 1.807) is 6.07 Å². The number of carbonyl (C=O) groups is 2. The maximum absolute atomic E-state index is 11.9. The number of carbonyl (C=O) groups excluding carboxylic acids is 2. The van der Waals surface area contributed by atoms with Crippen molar-refractivity contribution < 1.29 is 14.3 Å². The van der Waals surface area contributed by atoms with Gasteiger partial charge >= 0.3 is 0 Å². The van der Waals surface area contributed by atoms with Gasteiger partial charge in [0.2, 0.25) is 5.91 Å². The second-order valence-corrected chi connectivity index (χ2v) is 7.73. The Morgan fingerprint density at radius 2 is 2.24 bits per heavy atom. The van der Waals surface area contributed by atoms with Crippen molar-refractivity contribution in [3.05, 3.63) is 22.4 Å². The molecule has 1 aliphatic rings. The third-order valence-corrected chi connectivity index (χ3v) is 4.85. The van der Waals surface area contributed by atoms with E-state index in [1.165, 1.54) is 11.3 Å². The molecule has 2 amide bonds. The lowest BCUT2D eigenvalue weighted by Crippen LogP contribution is -2.48. The maximum Gasteiger partial charge on any atom is 0.261 e. The molecule has 1 aliphatic heterocycles. The molecule has 1 aromatic heterocycles. The normalized spacial score (nSPS) is 18.3. The van der Waals surface area contributed by atoms with Gasteiger partial charge in [0.25, 0.3) is 5.91 Å². The molecule has 1 fully saturated rings. The van der Waals surface area contributed by atoms with Crippen LogP contribution in [-0.4, -0.2) is 62.1 Å². The monoisotopic (exact) mass is 367 g/mol. The van der Waals surface area contributed by atoms with E-state index in [0.29, 0.717) is 36.7 Å². The first-order valence-electron chi connectivity index (χ1n) is 8.97.